The molecule has 2 rings (SSSR count). The number of rotatable bonds is 2. The summed E-state index contributed by atoms with van der Waals surface area (Å²) >= 11 is 5.92. The number of aryl methyl sites for hydroxylation is 1. The van der Waals surface area contributed by atoms with Crippen LogP contribution in [0.3, 0.4) is 0 Å². The zero-order valence-corrected chi connectivity index (χ0v) is 14.8. The highest BCUT2D eigenvalue weighted by molar-refractivity contribution is 6.30. The zero-order chi connectivity index (χ0) is 19.8. The molecule has 0 spiro atoms. The number of benzene rings is 1. The Labute approximate surface area is 149 Å². The summed E-state index contributed by atoms with van der Waals surface area (Å²) in [5.41, 5.74) is 1.68. The fraction of sp³-hybridized carbons (Fsp3) is 0.235. The Morgan fingerprint density at radius 2 is 1.76 bits per heavy atom. The monoisotopic (exact) mass is 376 g/mol. The molecule has 1 aromatic carbocycles. The number of aliphatic hydroxyl groups excluding tert-OH is 1. The van der Waals surface area contributed by atoms with Crippen molar-refractivity contribution in [3.05, 3.63) is 58.9 Å². The number of nitrogens with two attached hydrogens (primary N) is 1. The highest BCUT2D eigenvalue weighted by Gasteiger charge is 2.32. The number of hydrogen-bond donors (Lipinski definition) is 3. The van der Waals surface area contributed by atoms with Crippen molar-refractivity contribution in [3.63, 3.8) is 0 Å². The first-order valence-corrected chi connectivity index (χ1v) is 7.28. The van der Waals surface area contributed by atoms with Crippen molar-refractivity contribution in [2.24, 2.45) is 5.90 Å². The molecular formula is C17H20ClF3N2O2. The van der Waals surface area contributed by atoms with Gasteiger partial charge in [0.05, 0.1) is 16.3 Å². The van der Waals surface area contributed by atoms with Crippen LogP contribution < -0.4 is 5.90 Å². The van der Waals surface area contributed by atoms with Crippen LogP contribution in [0, 0.1) is 6.92 Å². The summed E-state index contributed by atoms with van der Waals surface area (Å²) in [7, 11) is 1.00. The average molecular weight is 377 g/mol. The van der Waals surface area contributed by atoms with Gasteiger partial charge in [0.1, 0.15) is 0 Å². The molecule has 0 unspecified atom stereocenters. The minimum Gasteiger partial charge on any atom is -0.400 e. The van der Waals surface area contributed by atoms with Gasteiger partial charge in [-0.05, 0) is 42.7 Å². The molecule has 4 nitrogen and oxygen atoms in total. The lowest BCUT2D eigenvalue weighted by Crippen LogP contribution is -2.07. The predicted octanol–water partition coefficient (Wildman–Crippen LogP) is 4.71. The quantitative estimate of drug-likeness (QED) is 0.663. The first-order chi connectivity index (χ1) is 11.7. The highest BCUT2D eigenvalue weighted by atomic mass is 35.5. The van der Waals surface area contributed by atoms with Crippen LogP contribution in [0.15, 0.2) is 37.0 Å². The summed E-state index contributed by atoms with van der Waals surface area (Å²) in [6, 6.07) is 5.80. The van der Waals surface area contributed by atoms with E-state index in [0.29, 0.717) is 27.4 Å². The van der Waals surface area contributed by atoms with Crippen molar-refractivity contribution in [1.29, 1.82) is 0 Å². The number of pyridine rings is 1. The second-order valence-corrected chi connectivity index (χ2v) is 5.29. The third kappa shape index (κ3) is 6.13. The molecule has 0 aliphatic rings. The Hall–Kier alpha value is -1.93. The second-order valence-electron chi connectivity index (χ2n) is 4.86. The molecule has 0 saturated heterocycles. The van der Waals surface area contributed by atoms with E-state index in [4.69, 9.17) is 21.9 Å². The molecule has 1 aromatic heterocycles. The molecule has 25 heavy (non-hydrogen) atoms. The van der Waals surface area contributed by atoms with Crippen molar-refractivity contribution >= 4 is 17.2 Å². The molecule has 0 atom stereocenters. The third-order valence-corrected chi connectivity index (χ3v) is 3.32. The minimum absolute atomic E-state index is 0.179. The van der Waals surface area contributed by atoms with Crippen LogP contribution in [-0.4, -0.2) is 22.4 Å². The van der Waals surface area contributed by atoms with E-state index in [2.05, 4.69) is 17.5 Å². The molecule has 0 aliphatic carbocycles. The van der Waals surface area contributed by atoms with Crippen LogP contribution in [0.5, 0.6) is 0 Å². The molecule has 0 aliphatic heterocycles. The van der Waals surface area contributed by atoms with Gasteiger partial charge in [0, 0.05) is 18.9 Å². The molecule has 0 fully saturated rings. The largest absolute Gasteiger partial charge is 0.416 e. The van der Waals surface area contributed by atoms with E-state index in [0.717, 1.165) is 13.2 Å². The molecule has 4 N–H and O–H groups in total. The maximum absolute atomic E-state index is 13.0. The number of allylic oxidation sites excluding steroid dienone is 1. The van der Waals surface area contributed by atoms with Crippen LogP contribution in [-0.2, 0) is 6.18 Å². The van der Waals surface area contributed by atoms with E-state index < -0.39 is 11.7 Å². The standard InChI is InChI=1S/C16H13ClF3N.CH4O.H3NO/c1-9(2)15-13(7-12(17)8-21-15)11-5-4-10(3)14(6-11)16(18,19)20;2*1-2/h4-8H,1H2,2-3H3;2H,1H3;2H,1H2. The van der Waals surface area contributed by atoms with Crippen LogP contribution in [0.25, 0.3) is 16.7 Å². The molecule has 2 aromatic rings. The SMILES string of the molecule is C=C(C)c1ncc(Cl)cc1-c1ccc(C)c(C(F)(F)F)c1.CO.NO. The Morgan fingerprint density at radius 3 is 2.24 bits per heavy atom. The Bertz CT molecular complexity index is 720. The number of nitrogens with zero attached hydrogens (tertiary/aromatic N) is 1. The van der Waals surface area contributed by atoms with E-state index in [1.165, 1.54) is 19.2 Å². The summed E-state index contributed by atoms with van der Waals surface area (Å²) < 4.78 is 39.1. The summed E-state index contributed by atoms with van der Waals surface area (Å²) in [5.74, 6) is 3.50. The van der Waals surface area contributed by atoms with Crippen LogP contribution in [0.1, 0.15) is 23.7 Å². The van der Waals surface area contributed by atoms with Crippen molar-refractivity contribution in [3.8, 4) is 11.1 Å². The van der Waals surface area contributed by atoms with Gasteiger partial charge < -0.3 is 10.3 Å². The fourth-order valence-corrected chi connectivity index (χ4v) is 2.25. The number of alkyl halides is 3. The van der Waals surface area contributed by atoms with Gasteiger partial charge in [-0.25, -0.2) is 5.90 Å². The molecule has 138 valence electrons. The maximum atomic E-state index is 13.0. The summed E-state index contributed by atoms with van der Waals surface area (Å²) in [6.45, 7) is 6.98. The molecule has 8 heteroatoms. The molecule has 0 saturated carbocycles. The summed E-state index contributed by atoms with van der Waals surface area (Å²) in [5, 5.41) is 13.9. The molecule has 0 amide bonds. The first-order valence-electron chi connectivity index (χ1n) is 6.90. The van der Waals surface area contributed by atoms with Crippen molar-refractivity contribution in [2.45, 2.75) is 20.0 Å². The van der Waals surface area contributed by atoms with Crippen LogP contribution >= 0.6 is 11.6 Å². The number of hydrogen-bond acceptors (Lipinski definition) is 4. The fourth-order valence-electron chi connectivity index (χ4n) is 2.09. The van der Waals surface area contributed by atoms with E-state index in [-0.39, 0.29) is 5.56 Å². The molecule has 0 bridgehead atoms. The van der Waals surface area contributed by atoms with E-state index in [1.807, 2.05) is 0 Å². The van der Waals surface area contributed by atoms with E-state index >= 15 is 0 Å². The first kappa shape index (κ1) is 23.1. The average Bonchev–Trinajstić information content (AvgIpc) is 2.57. The van der Waals surface area contributed by atoms with Gasteiger partial charge in [-0.15, -0.1) is 0 Å². The van der Waals surface area contributed by atoms with Crippen molar-refractivity contribution in [2.75, 3.05) is 7.11 Å². The maximum Gasteiger partial charge on any atom is 0.416 e. The Morgan fingerprint density at radius 1 is 1.20 bits per heavy atom. The Kier molecular flexibility index (Phi) is 9.37. The lowest BCUT2D eigenvalue weighted by Gasteiger charge is -2.14. The van der Waals surface area contributed by atoms with E-state index in [9.17, 15) is 13.2 Å². The lowest BCUT2D eigenvalue weighted by molar-refractivity contribution is -0.138. The van der Waals surface area contributed by atoms with Crippen molar-refractivity contribution < 1.29 is 23.5 Å². The summed E-state index contributed by atoms with van der Waals surface area (Å²) in [6.07, 6.45) is -2.94. The van der Waals surface area contributed by atoms with Crippen molar-refractivity contribution in [1.82, 2.24) is 4.98 Å². The van der Waals surface area contributed by atoms with Gasteiger partial charge in [-0.1, -0.05) is 30.3 Å². The Balaban J connectivity index is 0.00000134. The van der Waals surface area contributed by atoms with Gasteiger partial charge >= 0.3 is 6.18 Å². The molecule has 1 heterocycles. The zero-order valence-electron chi connectivity index (χ0n) is 14.0. The highest BCUT2D eigenvalue weighted by Crippen LogP contribution is 2.36. The predicted molar refractivity (Wildman–Crippen MR) is 93.2 cm³/mol. The van der Waals surface area contributed by atoms with Crippen LogP contribution in [0.2, 0.25) is 5.02 Å². The van der Waals surface area contributed by atoms with Gasteiger partial charge in [0.2, 0.25) is 0 Å². The normalized spacial score (nSPS) is 10.2. The number of aliphatic hydroxyl groups is 1. The van der Waals surface area contributed by atoms with Gasteiger partial charge in [0.25, 0.3) is 0 Å². The van der Waals surface area contributed by atoms with Gasteiger partial charge in [-0.3, -0.25) is 4.98 Å². The number of aromatic nitrogens is 1. The van der Waals surface area contributed by atoms with Gasteiger partial charge in [-0.2, -0.15) is 13.2 Å². The molecular weight excluding hydrogens is 357 g/mol. The van der Waals surface area contributed by atoms with Crippen LogP contribution in [0.4, 0.5) is 13.2 Å². The smallest absolute Gasteiger partial charge is 0.400 e. The topological polar surface area (TPSA) is 79.4 Å². The minimum atomic E-state index is -4.39. The second kappa shape index (κ2) is 10.1. The van der Waals surface area contributed by atoms with Gasteiger partial charge in [0.15, 0.2) is 0 Å². The lowest BCUT2D eigenvalue weighted by atomic mass is 9.96. The molecule has 0 radical (unpaired) electrons. The number of halogens is 4. The summed E-state index contributed by atoms with van der Waals surface area (Å²) in [4.78, 5) is 4.16. The third-order valence-electron chi connectivity index (χ3n) is 3.11. The van der Waals surface area contributed by atoms with E-state index in [1.54, 1.807) is 19.1 Å².